The molecule has 1 aliphatic rings. The molecule has 3 aromatic carbocycles. The van der Waals surface area contributed by atoms with Gasteiger partial charge in [0.25, 0.3) is 17.5 Å². The number of nitrogens with zero attached hydrogens (tertiary/aromatic N) is 6. The van der Waals surface area contributed by atoms with E-state index in [1.54, 1.807) is 53.1 Å². The number of amides is 2. The molecular weight excluding hydrogens is 618 g/mol. The second-order valence-electron chi connectivity index (χ2n) is 9.88. The fourth-order valence-corrected chi connectivity index (χ4v) is 6.36. The van der Waals surface area contributed by atoms with Gasteiger partial charge in [-0.15, -0.1) is 21.5 Å². The molecule has 1 N–H and O–H groups in total. The van der Waals surface area contributed by atoms with Crippen LogP contribution in [0.4, 0.5) is 10.1 Å². The molecule has 0 radical (unpaired) electrons. The first kappa shape index (κ1) is 29.8. The molecule has 3 heterocycles. The molecule has 0 fully saturated rings. The highest BCUT2D eigenvalue weighted by Crippen LogP contribution is 2.35. The monoisotopic (exact) mass is 641 g/mol. The SMILES string of the molecule is O=C(NCc1nnc(SCC(=O)N2N=C(c3cccs3)C[C@@H]2c2ccc(F)cc2)n1-c1ccc([N+](=O)[O-])cc1)c1ccccc1. The van der Waals surface area contributed by atoms with Crippen LogP contribution in [0.15, 0.2) is 107 Å². The zero-order valence-electron chi connectivity index (χ0n) is 23.4. The quantitative estimate of drug-likeness (QED) is 0.116. The topological polar surface area (TPSA) is 136 Å². The minimum atomic E-state index is -0.496. The first-order chi connectivity index (χ1) is 21.9. The van der Waals surface area contributed by atoms with Crippen LogP contribution >= 0.6 is 23.1 Å². The third-order valence-corrected chi connectivity index (χ3v) is 8.85. The van der Waals surface area contributed by atoms with Gasteiger partial charge in [0.2, 0.25) is 0 Å². The molecule has 6 rings (SSSR count). The number of carbonyl (C=O) groups is 2. The van der Waals surface area contributed by atoms with Crippen molar-refractivity contribution in [3.63, 3.8) is 0 Å². The fourth-order valence-electron chi connectivity index (χ4n) is 4.81. The Bertz CT molecular complexity index is 1860. The molecule has 226 valence electrons. The molecule has 0 bridgehead atoms. The van der Waals surface area contributed by atoms with E-state index < -0.39 is 11.0 Å². The van der Waals surface area contributed by atoms with Crippen LogP contribution in [0.2, 0.25) is 0 Å². The second kappa shape index (κ2) is 13.2. The van der Waals surface area contributed by atoms with Crippen molar-refractivity contribution in [2.24, 2.45) is 5.10 Å². The summed E-state index contributed by atoms with van der Waals surface area (Å²) in [4.78, 5) is 38.1. The van der Waals surface area contributed by atoms with E-state index in [0.717, 1.165) is 27.9 Å². The molecule has 0 aliphatic carbocycles. The van der Waals surface area contributed by atoms with E-state index in [-0.39, 0.29) is 35.6 Å². The average molecular weight is 642 g/mol. The molecule has 2 aromatic heterocycles. The molecule has 0 saturated heterocycles. The maximum Gasteiger partial charge on any atom is 0.269 e. The molecule has 5 aromatic rings. The van der Waals surface area contributed by atoms with Crippen molar-refractivity contribution in [3.05, 3.63) is 134 Å². The molecule has 0 saturated carbocycles. The van der Waals surface area contributed by atoms with Crippen LogP contribution in [0.1, 0.15) is 39.1 Å². The normalized spacial score (nSPS) is 14.3. The van der Waals surface area contributed by atoms with Crippen LogP contribution in [0.3, 0.4) is 0 Å². The first-order valence-corrected chi connectivity index (χ1v) is 15.6. The number of non-ortho nitro benzene ring substituents is 1. The summed E-state index contributed by atoms with van der Waals surface area (Å²) in [5, 5.41) is 31.0. The highest BCUT2D eigenvalue weighted by molar-refractivity contribution is 7.99. The van der Waals surface area contributed by atoms with Gasteiger partial charge in [0, 0.05) is 29.8 Å². The number of nitrogens with one attached hydrogen (secondary N) is 1. The van der Waals surface area contributed by atoms with Crippen LogP contribution in [0.5, 0.6) is 0 Å². The fraction of sp³-hybridized carbons (Fsp3) is 0.129. The smallest absolute Gasteiger partial charge is 0.269 e. The lowest BCUT2D eigenvalue weighted by atomic mass is 10.0. The summed E-state index contributed by atoms with van der Waals surface area (Å²) < 4.78 is 15.3. The van der Waals surface area contributed by atoms with Gasteiger partial charge in [-0.3, -0.25) is 24.3 Å². The minimum absolute atomic E-state index is 0.0133. The second-order valence-corrected chi connectivity index (χ2v) is 11.8. The van der Waals surface area contributed by atoms with Gasteiger partial charge in [-0.1, -0.05) is 48.2 Å². The Labute approximate surface area is 264 Å². The zero-order chi connectivity index (χ0) is 31.3. The number of rotatable bonds is 10. The number of carbonyl (C=O) groups excluding carboxylic acids is 2. The minimum Gasteiger partial charge on any atom is -0.345 e. The van der Waals surface area contributed by atoms with Gasteiger partial charge in [0.1, 0.15) is 5.82 Å². The van der Waals surface area contributed by atoms with E-state index in [2.05, 4.69) is 20.6 Å². The number of nitro groups is 1. The van der Waals surface area contributed by atoms with E-state index in [9.17, 15) is 24.1 Å². The highest BCUT2D eigenvalue weighted by Gasteiger charge is 2.33. The van der Waals surface area contributed by atoms with Gasteiger partial charge in [-0.25, -0.2) is 9.40 Å². The molecule has 0 unspecified atom stereocenters. The summed E-state index contributed by atoms with van der Waals surface area (Å²) >= 11 is 2.65. The molecule has 14 heteroatoms. The highest BCUT2D eigenvalue weighted by atomic mass is 32.2. The predicted molar refractivity (Wildman–Crippen MR) is 168 cm³/mol. The number of hydrogen-bond acceptors (Lipinski definition) is 9. The lowest BCUT2D eigenvalue weighted by molar-refractivity contribution is -0.384. The van der Waals surface area contributed by atoms with E-state index in [1.165, 1.54) is 40.6 Å². The van der Waals surface area contributed by atoms with Crippen molar-refractivity contribution >= 4 is 46.3 Å². The van der Waals surface area contributed by atoms with Crippen molar-refractivity contribution in [1.29, 1.82) is 0 Å². The molecule has 11 nitrogen and oxygen atoms in total. The van der Waals surface area contributed by atoms with Crippen LogP contribution in [-0.4, -0.2) is 48.0 Å². The molecule has 45 heavy (non-hydrogen) atoms. The van der Waals surface area contributed by atoms with Gasteiger partial charge in [0.15, 0.2) is 11.0 Å². The van der Waals surface area contributed by atoms with Crippen LogP contribution in [-0.2, 0) is 11.3 Å². The third-order valence-electron chi connectivity index (χ3n) is 7.01. The maximum atomic E-state index is 13.7. The Balaban J connectivity index is 1.25. The van der Waals surface area contributed by atoms with Gasteiger partial charge < -0.3 is 5.32 Å². The molecular formula is C31H24FN7O4S2. The van der Waals surface area contributed by atoms with E-state index in [1.807, 2.05) is 23.6 Å². The predicted octanol–water partition coefficient (Wildman–Crippen LogP) is 5.78. The Morgan fingerprint density at radius 1 is 1.00 bits per heavy atom. The maximum absolute atomic E-state index is 13.7. The number of halogens is 1. The number of hydrogen-bond donors (Lipinski definition) is 1. The Morgan fingerprint density at radius 2 is 1.76 bits per heavy atom. The van der Waals surface area contributed by atoms with Gasteiger partial charge in [-0.2, -0.15) is 5.10 Å². The van der Waals surface area contributed by atoms with E-state index >= 15 is 0 Å². The molecule has 1 atom stereocenters. The lowest BCUT2D eigenvalue weighted by Gasteiger charge is -2.22. The lowest BCUT2D eigenvalue weighted by Crippen LogP contribution is -2.28. The Hall–Kier alpha value is -5.21. The van der Waals surface area contributed by atoms with E-state index in [0.29, 0.717) is 28.7 Å². The number of hydrazone groups is 1. The van der Waals surface area contributed by atoms with Crippen molar-refractivity contribution < 1.29 is 18.9 Å². The van der Waals surface area contributed by atoms with Gasteiger partial charge in [0.05, 0.1) is 33.9 Å². The largest absolute Gasteiger partial charge is 0.345 e. The molecule has 2 amide bonds. The summed E-state index contributed by atoms with van der Waals surface area (Å²) in [6.07, 6.45) is 0.479. The van der Waals surface area contributed by atoms with Crippen LogP contribution < -0.4 is 5.32 Å². The average Bonchev–Trinajstić information content (AvgIpc) is 3.84. The van der Waals surface area contributed by atoms with Crippen LogP contribution in [0.25, 0.3) is 5.69 Å². The first-order valence-electron chi connectivity index (χ1n) is 13.7. The summed E-state index contributed by atoms with van der Waals surface area (Å²) in [7, 11) is 0. The number of benzene rings is 3. The summed E-state index contributed by atoms with van der Waals surface area (Å²) in [5.74, 6) is -0.658. The van der Waals surface area contributed by atoms with Crippen LogP contribution in [0, 0.1) is 15.9 Å². The number of thiophene rings is 1. The van der Waals surface area contributed by atoms with Crippen molar-refractivity contribution in [1.82, 2.24) is 25.1 Å². The Morgan fingerprint density at radius 3 is 2.44 bits per heavy atom. The number of nitro benzene ring substituents is 1. The molecule has 0 spiro atoms. The van der Waals surface area contributed by atoms with Gasteiger partial charge >= 0.3 is 0 Å². The van der Waals surface area contributed by atoms with Crippen molar-refractivity contribution in [2.45, 2.75) is 24.2 Å². The van der Waals surface area contributed by atoms with Gasteiger partial charge in [-0.05, 0) is 53.4 Å². The summed E-state index contributed by atoms with van der Waals surface area (Å²) in [5.41, 5.74) is 2.44. The van der Waals surface area contributed by atoms with Crippen molar-refractivity contribution in [2.75, 3.05) is 5.75 Å². The summed E-state index contributed by atoms with van der Waals surface area (Å²) in [6, 6.07) is 24.0. The Kier molecular flexibility index (Phi) is 8.75. The zero-order valence-corrected chi connectivity index (χ0v) is 25.1. The number of thioether (sulfide) groups is 1. The number of aromatic nitrogens is 3. The summed E-state index contributed by atoms with van der Waals surface area (Å²) in [6.45, 7) is 0.0133. The van der Waals surface area contributed by atoms with E-state index in [4.69, 9.17) is 0 Å². The standard InChI is InChI=1S/C31H24FN7O4S2/c32-22-10-8-20(9-11-22)26-17-25(27-7-4-16-44-27)36-38(26)29(40)19-45-31-35-34-28(18-33-30(41)21-5-2-1-3-6-21)37(31)23-12-14-24(15-13-23)39(42)43/h1-16,26H,17-19H2,(H,33,41)/t26-/m1/s1. The third kappa shape index (κ3) is 6.66. The van der Waals surface area contributed by atoms with Crippen molar-refractivity contribution in [3.8, 4) is 5.69 Å². The molecule has 1 aliphatic heterocycles.